The van der Waals surface area contributed by atoms with Crippen molar-refractivity contribution in [3.05, 3.63) is 23.8 Å². The number of carbonyl (C=O) groups is 1. The molecule has 1 spiro atoms. The van der Waals surface area contributed by atoms with Gasteiger partial charge in [-0.25, -0.2) is 0 Å². The highest BCUT2D eigenvalue weighted by Gasteiger charge is 2.49. The number of methoxy groups -OCH3 is 2. The largest absolute Gasteiger partial charge is 0.493 e. The SMILES string of the molecule is COc1cccc(CN2CC[C@@H](O)[C@@]3(CCCNC3=O)C2)c1OC. The predicted octanol–water partition coefficient (Wildman–Crippen LogP) is 1.17. The lowest BCUT2D eigenvalue weighted by molar-refractivity contribution is -0.149. The fourth-order valence-electron chi connectivity index (χ4n) is 3.98. The van der Waals surface area contributed by atoms with Crippen LogP contribution in [-0.2, 0) is 11.3 Å². The first-order valence-corrected chi connectivity index (χ1v) is 8.49. The van der Waals surface area contributed by atoms with Gasteiger partial charge in [0, 0.05) is 31.7 Å². The van der Waals surface area contributed by atoms with Crippen LogP contribution in [0.2, 0.25) is 0 Å². The molecule has 132 valence electrons. The summed E-state index contributed by atoms with van der Waals surface area (Å²) in [6.07, 6.45) is 1.70. The lowest BCUT2D eigenvalue weighted by atomic mass is 9.71. The molecule has 2 N–H and O–H groups in total. The Morgan fingerprint density at radius 2 is 2.21 bits per heavy atom. The molecule has 0 aliphatic carbocycles. The van der Waals surface area contributed by atoms with Crippen LogP contribution in [0.25, 0.3) is 0 Å². The molecular weight excluding hydrogens is 308 g/mol. The van der Waals surface area contributed by atoms with Crippen molar-refractivity contribution < 1.29 is 19.4 Å². The smallest absolute Gasteiger partial charge is 0.230 e. The van der Waals surface area contributed by atoms with Gasteiger partial charge >= 0.3 is 0 Å². The zero-order valence-corrected chi connectivity index (χ0v) is 14.4. The molecule has 2 aliphatic heterocycles. The van der Waals surface area contributed by atoms with Gasteiger partial charge in [-0.2, -0.15) is 0 Å². The van der Waals surface area contributed by atoms with Crippen LogP contribution in [0.15, 0.2) is 18.2 Å². The number of amides is 1. The van der Waals surface area contributed by atoms with Crippen molar-refractivity contribution in [3.8, 4) is 11.5 Å². The second kappa shape index (κ2) is 6.99. The Kier molecular flexibility index (Phi) is 4.96. The molecule has 2 atom stereocenters. The van der Waals surface area contributed by atoms with Crippen LogP contribution in [0.1, 0.15) is 24.8 Å². The van der Waals surface area contributed by atoms with Gasteiger partial charge in [-0.15, -0.1) is 0 Å². The van der Waals surface area contributed by atoms with Crippen molar-refractivity contribution in [1.82, 2.24) is 10.2 Å². The minimum absolute atomic E-state index is 0.0106. The number of benzene rings is 1. The highest BCUT2D eigenvalue weighted by atomic mass is 16.5. The molecule has 1 aromatic rings. The van der Waals surface area contributed by atoms with E-state index in [1.165, 1.54) is 0 Å². The number of rotatable bonds is 4. The highest BCUT2D eigenvalue weighted by molar-refractivity contribution is 5.84. The fraction of sp³-hybridized carbons (Fsp3) is 0.611. The predicted molar refractivity (Wildman–Crippen MR) is 90.1 cm³/mol. The Hall–Kier alpha value is -1.79. The molecule has 2 heterocycles. The number of piperidine rings is 2. The van der Waals surface area contributed by atoms with E-state index in [4.69, 9.17) is 9.47 Å². The van der Waals surface area contributed by atoms with Crippen LogP contribution in [0.4, 0.5) is 0 Å². The summed E-state index contributed by atoms with van der Waals surface area (Å²) in [5.74, 6) is 1.42. The van der Waals surface area contributed by atoms with Gasteiger partial charge in [-0.05, 0) is 25.3 Å². The average molecular weight is 334 g/mol. The summed E-state index contributed by atoms with van der Waals surface area (Å²) < 4.78 is 10.9. The zero-order valence-electron chi connectivity index (χ0n) is 14.4. The van der Waals surface area contributed by atoms with E-state index in [0.29, 0.717) is 31.8 Å². The summed E-state index contributed by atoms with van der Waals surface area (Å²) in [7, 11) is 3.26. The van der Waals surface area contributed by atoms with Crippen LogP contribution in [0.5, 0.6) is 11.5 Å². The molecule has 24 heavy (non-hydrogen) atoms. The summed E-state index contributed by atoms with van der Waals surface area (Å²) in [5.41, 5.74) is 0.349. The number of hydrogen-bond donors (Lipinski definition) is 2. The first-order chi connectivity index (χ1) is 11.6. The first kappa shape index (κ1) is 17.0. The number of nitrogens with zero attached hydrogens (tertiary/aromatic N) is 1. The van der Waals surface area contributed by atoms with E-state index in [1.54, 1.807) is 14.2 Å². The molecule has 1 aromatic carbocycles. The van der Waals surface area contributed by atoms with Crippen LogP contribution < -0.4 is 14.8 Å². The molecule has 1 amide bonds. The number of carbonyl (C=O) groups excluding carboxylic acids is 1. The molecule has 2 saturated heterocycles. The molecule has 0 radical (unpaired) electrons. The van der Waals surface area contributed by atoms with Gasteiger partial charge in [0.05, 0.1) is 25.7 Å². The summed E-state index contributed by atoms with van der Waals surface area (Å²) in [6, 6.07) is 5.83. The topological polar surface area (TPSA) is 71.0 Å². The molecule has 0 saturated carbocycles. The molecule has 3 rings (SSSR count). The van der Waals surface area contributed by atoms with Crippen LogP contribution in [0.3, 0.4) is 0 Å². The maximum absolute atomic E-state index is 12.5. The molecule has 0 aromatic heterocycles. The molecule has 2 fully saturated rings. The molecule has 6 nitrogen and oxygen atoms in total. The van der Waals surface area contributed by atoms with Crippen LogP contribution >= 0.6 is 0 Å². The number of ether oxygens (including phenoxy) is 2. The second-order valence-corrected chi connectivity index (χ2v) is 6.68. The Morgan fingerprint density at radius 3 is 2.92 bits per heavy atom. The normalized spacial score (nSPS) is 27.8. The van der Waals surface area contributed by atoms with Gasteiger partial charge in [0.15, 0.2) is 11.5 Å². The third-order valence-electron chi connectivity index (χ3n) is 5.28. The minimum atomic E-state index is -0.678. The Balaban J connectivity index is 1.80. The summed E-state index contributed by atoms with van der Waals surface area (Å²) in [4.78, 5) is 14.7. The molecule has 0 bridgehead atoms. The quantitative estimate of drug-likeness (QED) is 0.865. The third kappa shape index (κ3) is 2.96. The highest BCUT2D eigenvalue weighted by Crippen LogP contribution is 2.39. The van der Waals surface area contributed by atoms with Crippen LogP contribution in [-0.4, -0.2) is 55.9 Å². The Morgan fingerprint density at radius 1 is 1.38 bits per heavy atom. The number of aliphatic hydroxyl groups excluding tert-OH is 1. The van der Waals surface area contributed by atoms with E-state index in [-0.39, 0.29) is 5.91 Å². The van der Waals surface area contributed by atoms with Crippen molar-refractivity contribution >= 4 is 5.91 Å². The third-order valence-corrected chi connectivity index (χ3v) is 5.28. The lowest BCUT2D eigenvalue weighted by Gasteiger charge is -2.47. The fourth-order valence-corrected chi connectivity index (χ4v) is 3.98. The van der Waals surface area contributed by atoms with Gasteiger partial charge in [0.1, 0.15) is 0 Å². The van der Waals surface area contributed by atoms with Crippen molar-refractivity contribution in [2.24, 2.45) is 5.41 Å². The van der Waals surface area contributed by atoms with Crippen LogP contribution in [0, 0.1) is 5.41 Å². The molecule has 0 unspecified atom stereocenters. The van der Waals surface area contributed by atoms with Gasteiger partial charge in [-0.3, -0.25) is 9.69 Å². The summed E-state index contributed by atoms with van der Waals surface area (Å²) in [5, 5.41) is 13.4. The molecular formula is C18H26N2O4. The number of hydrogen-bond acceptors (Lipinski definition) is 5. The summed E-state index contributed by atoms with van der Waals surface area (Å²) in [6.45, 7) is 2.70. The van der Waals surface area contributed by atoms with Gasteiger partial charge < -0.3 is 19.9 Å². The number of likely N-dealkylation sites (tertiary alicyclic amines) is 1. The van der Waals surface area contributed by atoms with Gasteiger partial charge in [0.2, 0.25) is 5.91 Å². The van der Waals surface area contributed by atoms with E-state index in [1.807, 2.05) is 18.2 Å². The van der Waals surface area contributed by atoms with Crippen molar-refractivity contribution in [2.45, 2.75) is 31.9 Å². The first-order valence-electron chi connectivity index (χ1n) is 8.49. The molecule has 2 aliphatic rings. The van der Waals surface area contributed by atoms with E-state index in [0.717, 1.165) is 30.7 Å². The van der Waals surface area contributed by atoms with E-state index in [2.05, 4.69) is 10.2 Å². The van der Waals surface area contributed by atoms with Crippen molar-refractivity contribution in [1.29, 1.82) is 0 Å². The van der Waals surface area contributed by atoms with E-state index in [9.17, 15) is 9.90 Å². The van der Waals surface area contributed by atoms with Crippen molar-refractivity contribution in [2.75, 3.05) is 33.9 Å². The summed E-state index contributed by atoms with van der Waals surface area (Å²) >= 11 is 0. The van der Waals surface area contributed by atoms with Gasteiger partial charge in [0.25, 0.3) is 0 Å². The maximum Gasteiger partial charge on any atom is 0.230 e. The van der Waals surface area contributed by atoms with Gasteiger partial charge in [-0.1, -0.05) is 12.1 Å². The number of para-hydroxylation sites is 1. The number of nitrogens with one attached hydrogen (secondary N) is 1. The zero-order chi connectivity index (χ0) is 17.2. The Bertz CT molecular complexity index is 607. The monoisotopic (exact) mass is 334 g/mol. The lowest BCUT2D eigenvalue weighted by Crippen LogP contribution is -2.61. The van der Waals surface area contributed by atoms with E-state index >= 15 is 0 Å². The number of aliphatic hydroxyl groups is 1. The van der Waals surface area contributed by atoms with Crippen molar-refractivity contribution in [3.63, 3.8) is 0 Å². The maximum atomic E-state index is 12.5. The van der Waals surface area contributed by atoms with E-state index < -0.39 is 11.5 Å². The molecule has 6 heteroatoms. The average Bonchev–Trinajstić information content (AvgIpc) is 2.60. The minimum Gasteiger partial charge on any atom is -0.493 e. The Labute approximate surface area is 142 Å². The standard InChI is InChI=1S/C18H26N2O4/c1-23-14-6-3-5-13(16(14)24-2)11-20-10-7-15(21)18(12-20)8-4-9-19-17(18)22/h3,5-6,15,21H,4,7-12H2,1-2H3,(H,19,22)/t15-,18-/m1/s1. The second-order valence-electron chi connectivity index (χ2n) is 6.68.